The van der Waals surface area contributed by atoms with Gasteiger partial charge in [0.15, 0.2) is 0 Å². The smallest absolute Gasteiger partial charge is 0.229 e. The SMILES string of the molecule is O=C(Cc1ccsc1)N1CC[C@H]2[C@H]1CC(=O)N2c1ccsc1. The number of likely N-dealkylation sites (tertiary alicyclic amines) is 1. The van der Waals surface area contributed by atoms with Crippen LogP contribution in [0.3, 0.4) is 0 Å². The molecule has 2 amide bonds. The van der Waals surface area contributed by atoms with Crippen molar-refractivity contribution in [3.8, 4) is 0 Å². The van der Waals surface area contributed by atoms with Crippen molar-refractivity contribution in [1.29, 1.82) is 0 Å². The van der Waals surface area contributed by atoms with Gasteiger partial charge < -0.3 is 9.80 Å². The molecule has 2 aliphatic rings. The lowest BCUT2D eigenvalue weighted by Gasteiger charge is -2.24. The highest BCUT2D eigenvalue weighted by atomic mass is 32.1. The van der Waals surface area contributed by atoms with E-state index in [0.29, 0.717) is 12.8 Å². The minimum atomic E-state index is 0.0403. The van der Waals surface area contributed by atoms with E-state index in [-0.39, 0.29) is 23.9 Å². The molecule has 22 heavy (non-hydrogen) atoms. The second-order valence-electron chi connectivity index (χ2n) is 5.77. The van der Waals surface area contributed by atoms with E-state index in [0.717, 1.165) is 24.2 Å². The number of nitrogens with zero attached hydrogens (tertiary/aromatic N) is 2. The highest BCUT2D eigenvalue weighted by molar-refractivity contribution is 7.08. The van der Waals surface area contributed by atoms with Crippen molar-refractivity contribution in [1.82, 2.24) is 4.90 Å². The number of carbonyl (C=O) groups excluding carboxylic acids is 2. The molecular weight excluding hydrogens is 316 g/mol. The van der Waals surface area contributed by atoms with Gasteiger partial charge in [-0.1, -0.05) is 0 Å². The standard InChI is InChI=1S/C16H16N2O2S2/c19-15(7-11-2-5-21-9-11)17-4-1-13-14(17)8-16(20)18(13)12-3-6-22-10-12/h2-3,5-6,9-10,13-14H,1,4,7-8H2/t13-,14+/m0/s1. The molecule has 114 valence electrons. The van der Waals surface area contributed by atoms with Gasteiger partial charge >= 0.3 is 0 Å². The van der Waals surface area contributed by atoms with E-state index in [1.807, 2.05) is 43.5 Å². The number of rotatable bonds is 3. The van der Waals surface area contributed by atoms with Gasteiger partial charge in [0.25, 0.3) is 0 Å². The largest absolute Gasteiger partial charge is 0.337 e. The first-order valence-electron chi connectivity index (χ1n) is 7.39. The molecule has 2 fully saturated rings. The van der Waals surface area contributed by atoms with Crippen molar-refractivity contribution >= 4 is 40.2 Å². The Bertz CT molecular complexity index is 681. The summed E-state index contributed by atoms with van der Waals surface area (Å²) in [4.78, 5) is 28.7. The molecule has 0 aromatic carbocycles. The lowest BCUT2D eigenvalue weighted by Crippen LogP contribution is -2.40. The Kier molecular flexibility index (Phi) is 3.50. The zero-order valence-electron chi connectivity index (χ0n) is 12.0. The first-order chi connectivity index (χ1) is 10.7. The minimum Gasteiger partial charge on any atom is -0.337 e. The third kappa shape index (κ3) is 2.27. The summed E-state index contributed by atoms with van der Waals surface area (Å²) >= 11 is 3.21. The number of thiophene rings is 2. The van der Waals surface area contributed by atoms with Crippen LogP contribution in [0.2, 0.25) is 0 Å². The van der Waals surface area contributed by atoms with Crippen LogP contribution in [0.4, 0.5) is 5.69 Å². The van der Waals surface area contributed by atoms with Gasteiger partial charge in [0.05, 0.1) is 24.2 Å². The van der Waals surface area contributed by atoms with Crippen molar-refractivity contribution < 1.29 is 9.59 Å². The maximum absolute atomic E-state index is 12.6. The maximum Gasteiger partial charge on any atom is 0.229 e. The molecule has 0 bridgehead atoms. The number of hydrogen-bond acceptors (Lipinski definition) is 4. The lowest BCUT2D eigenvalue weighted by atomic mass is 10.1. The van der Waals surface area contributed by atoms with Crippen LogP contribution in [0.25, 0.3) is 0 Å². The van der Waals surface area contributed by atoms with Gasteiger partial charge in [0.2, 0.25) is 11.8 Å². The summed E-state index contributed by atoms with van der Waals surface area (Å²) in [5.41, 5.74) is 2.05. The molecule has 4 nitrogen and oxygen atoms in total. The van der Waals surface area contributed by atoms with E-state index in [9.17, 15) is 9.59 Å². The van der Waals surface area contributed by atoms with Gasteiger partial charge in [-0.05, 0) is 40.3 Å². The monoisotopic (exact) mass is 332 g/mol. The summed E-state index contributed by atoms with van der Waals surface area (Å²) in [6.07, 6.45) is 1.77. The molecule has 2 aromatic rings. The van der Waals surface area contributed by atoms with E-state index < -0.39 is 0 Å². The molecule has 2 aromatic heterocycles. The van der Waals surface area contributed by atoms with Crippen LogP contribution in [-0.4, -0.2) is 35.3 Å². The molecule has 0 aliphatic carbocycles. The van der Waals surface area contributed by atoms with Crippen LogP contribution in [0.1, 0.15) is 18.4 Å². The van der Waals surface area contributed by atoms with E-state index in [2.05, 4.69) is 0 Å². The topological polar surface area (TPSA) is 40.6 Å². The number of amides is 2. The van der Waals surface area contributed by atoms with Crippen LogP contribution in [-0.2, 0) is 16.0 Å². The fourth-order valence-corrected chi connectivity index (χ4v) is 4.85. The first-order valence-corrected chi connectivity index (χ1v) is 9.27. The lowest BCUT2D eigenvalue weighted by molar-refractivity contribution is -0.131. The molecule has 4 heterocycles. The molecule has 2 saturated heterocycles. The Morgan fingerprint density at radius 1 is 1.18 bits per heavy atom. The van der Waals surface area contributed by atoms with Crippen molar-refractivity contribution in [3.05, 3.63) is 39.2 Å². The minimum absolute atomic E-state index is 0.0403. The van der Waals surface area contributed by atoms with E-state index in [1.165, 1.54) is 0 Å². The van der Waals surface area contributed by atoms with Gasteiger partial charge in [0.1, 0.15) is 0 Å². The van der Waals surface area contributed by atoms with Gasteiger partial charge in [-0.25, -0.2) is 0 Å². The average Bonchev–Trinajstić information content (AvgIpc) is 3.20. The fraction of sp³-hybridized carbons (Fsp3) is 0.375. The predicted octanol–water partition coefficient (Wildman–Crippen LogP) is 2.76. The molecule has 2 atom stereocenters. The summed E-state index contributed by atoms with van der Waals surface area (Å²) in [5, 5.41) is 8.01. The quantitative estimate of drug-likeness (QED) is 0.867. The fourth-order valence-electron chi connectivity index (χ4n) is 3.56. The number of anilines is 1. The average molecular weight is 332 g/mol. The van der Waals surface area contributed by atoms with Gasteiger partial charge in [-0.3, -0.25) is 9.59 Å². The third-order valence-corrected chi connectivity index (χ3v) is 5.94. The van der Waals surface area contributed by atoms with Crippen molar-refractivity contribution in [2.45, 2.75) is 31.3 Å². The van der Waals surface area contributed by atoms with Crippen molar-refractivity contribution in [3.63, 3.8) is 0 Å². The molecule has 2 aliphatic heterocycles. The molecule has 0 saturated carbocycles. The molecule has 0 unspecified atom stereocenters. The highest BCUT2D eigenvalue weighted by Crippen LogP contribution is 2.37. The van der Waals surface area contributed by atoms with Crippen molar-refractivity contribution in [2.24, 2.45) is 0 Å². The summed E-state index contributed by atoms with van der Waals surface area (Å²) in [6.45, 7) is 0.756. The first kappa shape index (κ1) is 14.0. The van der Waals surface area contributed by atoms with E-state index in [4.69, 9.17) is 0 Å². The van der Waals surface area contributed by atoms with Gasteiger partial charge in [0, 0.05) is 18.3 Å². The Morgan fingerprint density at radius 3 is 2.73 bits per heavy atom. The molecule has 0 N–H and O–H groups in total. The molecule has 0 radical (unpaired) electrons. The molecule has 6 heteroatoms. The van der Waals surface area contributed by atoms with Crippen LogP contribution in [0.15, 0.2) is 33.7 Å². The van der Waals surface area contributed by atoms with Crippen LogP contribution < -0.4 is 4.90 Å². The summed E-state index contributed by atoms with van der Waals surface area (Å²) in [5.74, 6) is 0.285. The predicted molar refractivity (Wildman–Crippen MR) is 88.4 cm³/mol. The zero-order valence-corrected chi connectivity index (χ0v) is 13.6. The third-order valence-electron chi connectivity index (χ3n) is 4.53. The summed E-state index contributed by atoms with van der Waals surface area (Å²) in [7, 11) is 0. The van der Waals surface area contributed by atoms with E-state index in [1.54, 1.807) is 22.7 Å². The van der Waals surface area contributed by atoms with Crippen LogP contribution >= 0.6 is 22.7 Å². The van der Waals surface area contributed by atoms with Crippen LogP contribution in [0.5, 0.6) is 0 Å². The number of hydrogen-bond donors (Lipinski definition) is 0. The highest BCUT2D eigenvalue weighted by Gasteiger charge is 2.48. The second kappa shape index (κ2) is 5.52. The number of carbonyl (C=O) groups is 2. The summed E-state index contributed by atoms with van der Waals surface area (Å²) in [6, 6.07) is 4.17. The molecule has 0 spiro atoms. The van der Waals surface area contributed by atoms with Crippen LogP contribution in [0, 0.1) is 0 Å². The Morgan fingerprint density at radius 2 is 2.00 bits per heavy atom. The van der Waals surface area contributed by atoms with Crippen molar-refractivity contribution in [2.75, 3.05) is 11.4 Å². The Hall–Kier alpha value is -1.66. The zero-order chi connectivity index (χ0) is 15.1. The van der Waals surface area contributed by atoms with Gasteiger partial charge in [-0.15, -0.1) is 0 Å². The molecular formula is C16H16N2O2S2. The summed E-state index contributed by atoms with van der Waals surface area (Å²) < 4.78 is 0. The number of fused-ring (bicyclic) bond motifs is 1. The maximum atomic E-state index is 12.6. The van der Waals surface area contributed by atoms with Gasteiger partial charge in [-0.2, -0.15) is 22.7 Å². The Labute approximate surface area is 137 Å². The molecule has 4 rings (SSSR count). The second-order valence-corrected chi connectivity index (χ2v) is 7.33. The van der Waals surface area contributed by atoms with E-state index >= 15 is 0 Å². The Balaban J connectivity index is 1.52. The normalized spacial score (nSPS) is 24.1.